The SMILES string of the molecule is CCOC(=O)CNC(=O)c1nc(Cl)c2c(sc3c(Cl)nccc32)c1O. The fourth-order valence-corrected chi connectivity index (χ4v) is 4.02. The highest BCUT2D eigenvalue weighted by Crippen LogP contribution is 2.44. The Morgan fingerprint density at radius 1 is 1.32 bits per heavy atom. The number of carbonyl (C=O) groups is 2. The quantitative estimate of drug-likeness (QED) is 0.516. The lowest BCUT2D eigenvalue weighted by molar-refractivity contribution is -0.141. The monoisotopic (exact) mass is 399 g/mol. The van der Waals surface area contributed by atoms with Crippen LogP contribution in [-0.4, -0.2) is 40.1 Å². The summed E-state index contributed by atoms with van der Waals surface area (Å²) in [6, 6.07) is 1.70. The van der Waals surface area contributed by atoms with Crippen LogP contribution < -0.4 is 5.32 Å². The van der Waals surface area contributed by atoms with Gasteiger partial charge in [0.05, 0.1) is 16.0 Å². The van der Waals surface area contributed by atoms with E-state index in [4.69, 9.17) is 27.9 Å². The predicted octanol–water partition coefficient (Wildman–Crippen LogP) is 3.15. The largest absolute Gasteiger partial charge is 0.504 e. The molecule has 0 saturated heterocycles. The van der Waals surface area contributed by atoms with E-state index in [1.165, 1.54) is 6.20 Å². The average Bonchev–Trinajstić information content (AvgIpc) is 2.98. The van der Waals surface area contributed by atoms with E-state index in [0.29, 0.717) is 20.2 Å². The number of hydrogen-bond acceptors (Lipinski definition) is 7. The number of amides is 1. The van der Waals surface area contributed by atoms with E-state index in [9.17, 15) is 14.7 Å². The van der Waals surface area contributed by atoms with Gasteiger partial charge in [-0.05, 0) is 13.0 Å². The number of nitrogens with one attached hydrogen (secondary N) is 1. The molecule has 0 aliphatic rings. The van der Waals surface area contributed by atoms with Crippen LogP contribution >= 0.6 is 34.5 Å². The Balaban J connectivity index is 2.04. The molecule has 0 fully saturated rings. The molecule has 0 bridgehead atoms. The highest BCUT2D eigenvalue weighted by molar-refractivity contribution is 7.26. The van der Waals surface area contributed by atoms with Crippen molar-refractivity contribution in [2.45, 2.75) is 6.92 Å². The van der Waals surface area contributed by atoms with Crippen LogP contribution in [0, 0.1) is 0 Å². The molecular formula is C15H11Cl2N3O4S. The van der Waals surface area contributed by atoms with E-state index in [2.05, 4.69) is 15.3 Å². The molecular weight excluding hydrogens is 389 g/mol. The molecule has 0 radical (unpaired) electrons. The second kappa shape index (κ2) is 6.99. The molecule has 2 N–H and O–H groups in total. The first-order valence-corrected chi connectivity index (χ1v) is 8.70. The Hall–Kier alpha value is -2.16. The Bertz CT molecular complexity index is 1010. The van der Waals surface area contributed by atoms with Crippen LogP contribution in [0.15, 0.2) is 12.3 Å². The summed E-state index contributed by atoms with van der Waals surface area (Å²) in [6.45, 7) is 1.51. The van der Waals surface area contributed by atoms with Gasteiger partial charge < -0.3 is 15.2 Å². The lowest BCUT2D eigenvalue weighted by atomic mass is 10.2. The van der Waals surface area contributed by atoms with Gasteiger partial charge in [0.1, 0.15) is 16.9 Å². The molecule has 0 aliphatic heterocycles. The number of ether oxygens (including phenoxy) is 1. The van der Waals surface area contributed by atoms with Crippen molar-refractivity contribution < 1.29 is 19.4 Å². The third-order valence-corrected chi connectivity index (χ3v) is 5.22. The minimum atomic E-state index is -0.740. The van der Waals surface area contributed by atoms with Crippen LogP contribution in [-0.2, 0) is 9.53 Å². The van der Waals surface area contributed by atoms with Crippen LogP contribution in [0.2, 0.25) is 10.3 Å². The standard InChI is InChI=1S/C15H11Cl2N3O4S/c1-2-24-7(21)5-19-15(23)9-10(22)12-8(13(16)20-9)6-3-4-18-14(17)11(6)25-12/h3-4,22H,2,5H2,1H3,(H,19,23). The maximum atomic E-state index is 12.2. The number of hydrogen-bond donors (Lipinski definition) is 2. The molecule has 3 rings (SSSR count). The minimum Gasteiger partial charge on any atom is -0.504 e. The molecule has 0 aromatic carbocycles. The van der Waals surface area contributed by atoms with E-state index >= 15 is 0 Å². The van der Waals surface area contributed by atoms with E-state index in [1.54, 1.807) is 13.0 Å². The fraction of sp³-hybridized carbons (Fsp3) is 0.200. The molecule has 3 heterocycles. The molecule has 3 aromatic rings. The van der Waals surface area contributed by atoms with Gasteiger partial charge in [0.25, 0.3) is 5.91 Å². The van der Waals surface area contributed by atoms with Crippen LogP contribution in [0.5, 0.6) is 5.75 Å². The summed E-state index contributed by atoms with van der Waals surface area (Å²) in [5, 5.41) is 14.3. The Morgan fingerprint density at radius 2 is 2.08 bits per heavy atom. The molecule has 7 nitrogen and oxygen atoms in total. The van der Waals surface area contributed by atoms with Gasteiger partial charge in [-0.1, -0.05) is 23.2 Å². The van der Waals surface area contributed by atoms with Crippen molar-refractivity contribution >= 4 is 66.6 Å². The summed E-state index contributed by atoms with van der Waals surface area (Å²) in [4.78, 5) is 31.5. The highest BCUT2D eigenvalue weighted by atomic mass is 35.5. The summed E-state index contributed by atoms with van der Waals surface area (Å²) >= 11 is 13.4. The van der Waals surface area contributed by atoms with Gasteiger partial charge in [-0.3, -0.25) is 9.59 Å². The molecule has 0 saturated carbocycles. The summed E-state index contributed by atoms with van der Waals surface area (Å²) in [5.41, 5.74) is -0.280. The van der Waals surface area contributed by atoms with Gasteiger partial charge in [0.15, 0.2) is 11.4 Å². The third-order valence-electron chi connectivity index (χ3n) is 3.33. The maximum Gasteiger partial charge on any atom is 0.325 e. The predicted molar refractivity (Wildman–Crippen MR) is 95.6 cm³/mol. The Kier molecular flexibility index (Phi) is 4.94. The number of thiophene rings is 1. The van der Waals surface area contributed by atoms with Crippen molar-refractivity contribution in [3.05, 3.63) is 28.3 Å². The van der Waals surface area contributed by atoms with E-state index in [1.807, 2.05) is 0 Å². The van der Waals surface area contributed by atoms with Crippen molar-refractivity contribution in [2.24, 2.45) is 0 Å². The summed E-state index contributed by atoms with van der Waals surface area (Å²) in [7, 11) is 0. The summed E-state index contributed by atoms with van der Waals surface area (Å²) < 4.78 is 5.72. The molecule has 0 unspecified atom stereocenters. The van der Waals surface area contributed by atoms with Crippen molar-refractivity contribution in [2.75, 3.05) is 13.2 Å². The number of nitrogens with zero attached hydrogens (tertiary/aromatic N) is 2. The van der Waals surface area contributed by atoms with Crippen molar-refractivity contribution in [1.82, 2.24) is 15.3 Å². The first-order chi connectivity index (χ1) is 11.9. The van der Waals surface area contributed by atoms with Gasteiger partial charge >= 0.3 is 5.97 Å². The summed E-state index contributed by atoms with van der Waals surface area (Å²) in [6.07, 6.45) is 1.52. The highest BCUT2D eigenvalue weighted by Gasteiger charge is 2.23. The van der Waals surface area contributed by atoms with Crippen molar-refractivity contribution in [3.8, 4) is 5.75 Å². The number of aromatic nitrogens is 2. The van der Waals surface area contributed by atoms with Crippen LogP contribution in [0.4, 0.5) is 0 Å². The number of fused-ring (bicyclic) bond motifs is 3. The average molecular weight is 400 g/mol. The minimum absolute atomic E-state index is 0.0441. The first-order valence-electron chi connectivity index (χ1n) is 7.13. The molecule has 10 heteroatoms. The maximum absolute atomic E-state index is 12.2. The normalized spacial score (nSPS) is 11.0. The van der Waals surface area contributed by atoms with Gasteiger partial charge in [-0.2, -0.15) is 0 Å². The number of halogens is 2. The first kappa shape index (κ1) is 17.7. The van der Waals surface area contributed by atoms with Crippen LogP contribution in [0.1, 0.15) is 17.4 Å². The Morgan fingerprint density at radius 3 is 2.80 bits per heavy atom. The summed E-state index contributed by atoms with van der Waals surface area (Å²) in [5.74, 6) is -1.67. The molecule has 1 amide bonds. The fourth-order valence-electron chi connectivity index (χ4n) is 2.28. The van der Waals surface area contributed by atoms with Crippen LogP contribution in [0.25, 0.3) is 20.2 Å². The zero-order valence-corrected chi connectivity index (χ0v) is 15.1. The lowest BCUT2D eigenvalue weighted by Crippen LogP contribution is -2.31. The second-order valence-electron chi connectivity index (χ2n) is 4.87. The van der Waals surface area contributed by atoms with E-state index in [-0.39, 0.29) is 34.9 Å². The third kappa shape index (κ3) is 3.20. The molecule has 0 aliphatic carbocycles. The Labute approximate surface area is 155 Å². The molecule has 0 atom stereocenters. The van der Waals surface area contributed by atoms with Crippen molar-refractivity contribution in [3.63, 3.8) is 0 Å². The van der Waals surface area contributed by atoms with Gasteiger partial charge in [0.2, 0.25) is 0 Å². The lowest BCUT2D eigenvalue weighted by Gasteiger charge is -2.07. The molecule has 130 valence electrons. The topological polar surface area (TPSA) is 101 Å². The molecule has 0 spiro atoms. The van der Waals surface area contributed by atoms with Gasteiger partial charge in [0, 0.05) is 17.0 Å². The van der Waals surface area contributed by atoms with Gasteiger partial charge in [-0.15, -0.1) is 11.3 Å². The van der Waals surface area contributed by atoms with Gasteiger partial charge in [-0.25, -0.2) is 9.97 Å². The van der Waals surface area contributed by atoms with Crippen LogP contribution in [0.3, 0.4) is 0 Å². The second-order valence-corrected chi connectivity index (χ2v) is 6.61. The number of aromatic hydroxyl groups is 1. The van der Waals surface area contributed by atoms with E-state index in [0.717, 1.165) is 11.3 Å². The number of pyridine rings is 2. The smallest absolute Gasteiger partial charge is 0.325 e. The molecule has 25 heavy (non-hydrogen) atoms. The number of carbonyl (C=O) groups excluding carboxylic acids is 2. The molecule has 3 aromatic heterocycles. The number of esters is 1. The zero-order chi connectivity index (χ0) is 18.1. The van der Waals surface area contributed by atoms with Crippen molar-refractivity contribution in [1.29, 1.82) is 0 Å². The van der Waals surface area contributed by atoms with E-state index < -0.39 is 11.9 Å². The number of rotatable bonds is 4. The zero-order valence-electron chi connectivity index (χ0n) is 12.8.